The van der Waals surface area contributed by atoms with Gasteiger partial charge < -0.3 is 15.7 Å². The summed E-state index contributed by atoms with van der Waals surface area (Å²) < 4.78 is 0. The van der Waals surface area contributed by atoms with Crippen molar-refractivity contribution in [1.29, 1.82) is 0 Å². The van der Waals surface area contributed by atoms with Gasteiger partial charge >= 0.3 is 0 Å². The van der Waals surface area contributed by atoms with Crippen LogP contribution in [-0.2, 0) is 0 Å². The fourth-order valence-corrected chi connectivity index (χ4v) is 3.44. The lowest BCUT2D eigenvalue weighted by Gasteiger charge is -2.26. The molecule has 3 aromatic rings. The van der Waals surface area contributed by atoms with E-state index in [4.69, 9.17) is 0 Å². The summed E-state index contributed by atoms with van der Waals surface area (Å²) in [5, 5.41) is 30.3. The van der Waals surface area contributed by atoms with Crippen molar-refractivity contribution in [2.24, 2.45) is 0 Å². The number of aryl methyl sites for hydroxylation is 1. The van der Waals surface area contributed by atoms with E-state index in [1.165, 1.54) is 0 Å². The molecule has 27 heavy (non-hydrogen) atoms. The normalized spacial score (nSPS) is 15.7. The van der Waals surface area contributed by atoms with E-state index in [1.54, 1.807) is 18.2 Å². The highest BCUT2D eigenvalue weighted by Gasteiger charge is 2.23. The zero-order valence-electron chi connectivity index (χ0n) is 15.1. The minimum atomic E-state index is -0.280. The second-order valence-electron chi connectivity index (χ2n) is 6.78. The van der Waals surface area contributed by atoms with Crippen LogP contribution in [0.4, 0.5) is 11.4 Å². The maximum Gasteiger partial charge on any atom is 0.257 e. The van der Waals surface area contributed by atoms with Crippen LogP contribution in [0.2, 0.25) is 0 Å². The summed E-state index contributed by atoms with van der Waals surface area (Å²) in [5.41, 5.74) is 4.29. The molecule has 4 rings (SSSR count). The Labute approximate surface area is 156 Å². The van der Waals surface area contributed by atoms with E-state index in [2.05, 4.69) is 44.2 Å². The number of nitrogens with zero attached hydrogens (tertiary/aromatic N) is 3. The van der Waals surface area contributed by atoms with Crippen molar-refractivity contribution >= 4 is 17.3 Å². The molecule has 0 aliphatic carbocycles. The molecule has 0 spiro atoms. The van der Waals surface area contributed by atoms with Crippen LogP contribution in [0.25, 0.3) is 11.4 Å². The van der Waals surface area contributed by atoms with Crippen LogP contribution in [0.1, 0.15) is 40.7 Å². The number of tetrazole rings is 1. The maximum atomic E-state index is 13.0. The summed E-state index contributed by atoms with van der Waals surface area (Å²) in [4.78, 5) is 13.0. The number of anilines is 2. The van der Waals surface area contributed by atoms with Gasteiger partial charge in [-0.1, -0.05) is 19.1 Å². The first kappa shape index (κ1) is 17.0. The summed E-state index contributed by atoms with van der Waals surface area (Å²) in [6, 6.07) is 8.99. The molecule has 8 heteroatoms. The number of aromatic hydroxyl groups is 1. The molecule has 1 unspecified atom stereocenters. The average Bonchev–Trinajstić information content (AvgIpc) is 3.18. The van der Waals surface area contributed by atoms with Crippen LogP contribution in [-0.4, -0.2) is 38.2 Å². The van der Waals surface area contributed by atoms with Crippen molar-refractivity contribution < 1.29 is 9.90 Å². The van der Waals surface area contributed by atoms with Crippen LogP contribution in [0.5, 0.6) is 5.75 Å². The monoisotopic (exact) mass is 364 g/mol. The number of hydrogen-bond donors (Lipinski definition) is 4. The third-order valence-corrected chi connectivity index (χ3v) is 4.84. The predicted octanol–water partition coefficient (Wildman–Crippen LogP) is 3.05. The van der Waals surface area contributed by atoms with Crippen LogP contribution in [0, 0.1) is 6.92 Å². The SMILES string of the molecule is Cc1cc(C(=O)Nc2cccc(-c3nn[nH]n3)c2O)c2c(c1)C(C)CCN2. The Morgan fingerprint density at radius 1 is 1.33 bits per heavy atom. The van der Waals surface area contributed by atoms with Crippen LogP contribution >= 0.6 is 0 Å². The number of benzene rings is 2. The number of hydrogen-bond acceptors (Lipinski definition) is 6. The quantitative estimate of drug-likeness (QED) is 0.531. The summed E-state index contributed by atoms with van der Waals surface area (Å²) in [6.45, 7) is 4.98. The lowest BCUT2D eigenvalue weighted by atomic mass is 9.89. The number of amides is 1. The zero-order chi connectivity index (χ0) is 19.0. The predicted molar refractivity (Wildman–Crippen MR) is 102 cm³/mol. The molecule has 1 aliphatic rings. The highest BCUT2D eigenvalue weighted by molar-refractivity contribution is 6.09. The summed E-state index contributed by atoms with van der Waals surface area (Å²) in [6.07, 6.45) is 1.03. The summed E-state index contributed by atoms with van der Waals surface area (Å²) >= 11 is 0. The Balaban J connectivity index is 1.69. The first-order valence-electron chi connectivity index (χ1n) is 8.80. The van der Waals surface area contributed by atoms with Gasteiger partial charge in [-0.2, -0.15) is 5.21 Å². The van der Waals surface area contributed by atoms with Crippen molar-refractivity contribution in [3.8, 4) is 17.1 Å². The number of phenols is 1. The highest BCUT2D eigenvalue weighted by atomic mass is 16.3. The molecule has 0 bridgehead atoms. The Bertz CT molecular complexity index is 1000. The molecule has 138 valence electrons. The van der Waals surface area contributed by atoms with Gasteiger partial charge in [-0.15, -0.1) is 10.2 Å². The molecule has 2 aromatic carbocycles. The molecule has 8 nitrogen and oxygen atoms in total. The Morgan fingerprint density at radius 2 is 2.19 bits per heavy atom. The first-order valence-corrected chi connectivity index (χ1v) is 8.80. The number of phenolic OH excluding ortho intramolecular Hbond substituents is 1. The van der Waals surface area contributed by atoms with Gasteiger partial charge in [0, 0.05) is 6.54 Å². The molecule has 0 saturated carbocycles. The molecular formula is C19H20N6O2. The van der Waals surface area contributed by atoms with Crippen LogP contribution in [0.3, 0.4) is 0 Å². The van der Waals surface area contributed by atoms with E-state index in [9.17, 15) is 9.90 Å². The number of para-hydroxylation sites is 1. The zero-order valence-corrected chi connectivity index (χ0v) is 15.1. The molecule has 1 amide bonds. The van der Waals surface area contributed by atoms with E-state index >= 15 is 0 Å². The minimum absolute atomic E-state index is 0.102. The number of H-pyrrole nitrogens is 1. The number of carbonyl (C=O) groups excluding carboxylic acids is 1. The number of rotatable bonds is 3. The second kappa shape index (κ2) is 6.71. The van der Waals surface area contributed by atoms with E-state index < -0.39 is 0 Å². The second-order valence-corrected chi connectivity index (χ2v) is 6.78. The third kappa shape index (κ3) is 3.10. The van der Waals surface area contributed by atoms with Gasteiger partial charge in [-0.3, -0.25) is 4.79 Å². The topological polar surface area (TPSA) is 116 Å². The fourth-order valence-electron chi connectivity index (χ4n) is 3.44. The minimum Gasteiger partial charge on any atom is -0.505 e. The van der Waals surface area contributed by atoms with Crippen molar-refractivity contribution in [3.05, 3.63) is 47.0 Å². The fraction of sp³-hybridized carbons (Fsp3) is 0.263. The Morgan fingerprint density at radius 3 is 2.96 bits per heavy atom. The molecule has 4 N–H and O–H groups in total. The largest absolute Gasteiger partial charge is 0.505 e. The molecule has 0 fully saturated rings. The van der Waals surface area contributed by atoms with Gasteiger partial charge in [0.25, 0.3) is 5.91 Å². The number of aromatic amines is 1. The van der Waals surface area contributed by atoms with Gasteiger partial charge in [0.1, 0.15) is 5.75 Å². The number of nitrogens with one attached hydrogen (secondary N) is 3. The summed E-state index contributed by atoms with van der Waals surface area (Å²) in [5.74, 6) is 0.266. The third-order valence-electron chi connectivity index (χ3n) is 4.84. The maximum absolute atomic E-state index is 13.0. The van der Waals surface area contributed by atoms with Crippen molar-refractivity contribution in [2.45, 2.75) is 26.2 Å². The standard InChI is InChI=1S/C19H20N6O2/c1-10-8-13-11(2)6-7-20-16(13)14(9-10)19(27)21-15-5-3-4-12(17(15)26)18-22-24-25-23-18/h3-5,8-9,11,20,26H,6-7H2,1-2H3,(H,21,27)(H,22,23,24,25). The average molecular weight is 364 g/mol. The number of aromatic nitrogens is 4. The van der Waals surface area contributed by atoms with E-state index in [1.807, 2.05) is 13.0 Å². The molecular weight excluding hydrogens is 344 g/mol. The Hall–Kier alpha value is -3.42. The van der Waals surface area contributed by atoms with Crippen LogP contribution in [0.15, 0.2) is 30.3 Å². The summed E-state index contributed by atoms with van der Waals surface area (Å²) in [7, 11) is 0. The number of fused-ring (bicyclic) bond motifs is 1. The molecule has 2 heterocycles. The van der Waals surface area contributed by atoms with Crippen molar-refractivity contribution in [3.63, 3.8) is 0 Å². The van der Waals surface area contributed by atoms with Crippen LogP contribution < -0.4 is 10.6 Å². The van der Waals surface area contributed by atoms with Gasteiger partial charge in [-0.05, 0) is 53.8 Å². The molecule has 0 radical (unpaired) electrons. The molecule has 0 saturated heterocycles. The van der Waals surface area contributed by atoms with Gasteiger partial charge in [0.2, 0.25) is 5.82 Å². The van der Waals surface area contributed by atoms with Crippen molar-refractivity contribution in [1.82, 2.24) is 20.6 Å². The van der Waals surface area contributed by atoms with Gasteiger partial charge in [-0.25, -0.2) is 0 Å². The lowest BCUT2D eigenvalue weighted by Crippen LogP contribution is -2.21. The molecule has 1 aliphatic heterocycles. The first-order chi connectivity index (χ1) is 13.0. The lowest BCUT2D eigenvalue weighted by molar-refractivity contribution is 0.102. The van der Waals surface area contributed by atoms with Crippen molar-refractivity contribution in [2.75, 3.05) is 17.2 Å². The molecule has 1 aromatic heterocycles. The number of carbonyl (C=O) groups is 1. The van der Waals surface area contributed by atoms with E-state index in [0.717, 1.165) is 29.8 Å². The Kier molecular flexibility index (Phi) is 4.23. The van der Waals surface area contributed by atoms with E-state index in [0.29, 0.717) is 22.7 Å². The van der Waals surface area contributed by atoms with Gasteiger partial charge in [0.15, 0.2) is 0 Å². The van der Waals surface area contributed by atoms with E-state index in [-0.39, 0.29) is 17.5 Å². The van der Waals surface area contributed by atoms with Gasteiger partial charge in [0.05, 0.1) is 22.5 Å². The highest BCUT2D eigenvalue weighted by Crippen LogP contribution is 2.37. The smallest absolute Gasteiger partial charge is 0.257 e. The molecule has 1 atom stereocenters.